The molecule has 0 amide bonds. The Kier molecular flexibility index (Phi) is 6.03. The van der Waals surface area contributed by atoms with Crippen molar-refractivity contribution in [2.45, 2.75) is 13.8 Å². The lowest BCUT2D eigenvalue weighted by Crippen LogP contribution is -2.12. The van der Waals surface area contributed by atoms with Gasteiger partial charge >= 0.3 is 0 Å². The third-order valence-electron chi connectivity index (χ3n) is 2.14. The van der Waals surface area contributed by atoms with Crippen molar-refractivity contribution in [2.24, 2.45) is 5.92 Å². The Bertz CT molecular complexity index is 399. The summed E-state index contributed by atoms with van der Waals surface area (Å²) in [6.07, 6.45) is 0. The predicted octanol–water partition coefficient (Wildman–Crippen LogP) is 3.41. The Morgan fingerprint density at radius 3 is 2.88 bits per heavy atom. The molecule has 1 aromatic rings. The van der Waals surface area contributed by atoms with E-state index in [1.165, 1.54) is 0 Å². The number of hydrogen-bond acceptors (Lipinski definition) is 3. The van der Waals surface area contributed by atoms with Gasteiger partial charge in [0.15, 0.2) is 0 Å². The van der Waals surface area contributed by atoms with Gasteiger partial charge in [0.05, 0.1) is 17.9 Å². The second-order valence-electron chi connectivity index (χ2n) is 4.17. The van der Waals surface area contributed by atoms with E-state index in [1.807, 2.05) is 18.2 Å². The largest absolute Gasteiger partial charge is 0.382 e. The molecule has 0 heterocycles. The zero-order chi connectivity index (χ0) is 12.7. The van der Waals surface area contributed by atoms with Gasteiger partial charge in [-0.15, -0.1) is 0 Å². The number of ether oxygens (including phenoxy) is 1. The molecule has 0 saturated heterocycles. The van der Waals surface area contributed by atoms with Crippen molar-refractivity contribution >= 4 is 21.6 Å². The number of nitrogens with zero attached hydrogens (tertiary/aromatic N) is 1. The van der Waals surface area contributed by atoms with Crippen LogP contribution < -0.4 is 5.32 Å². The summed E-state index contributed by atoms with van der Waals surface area (Å²) in [6, 6.07) is 7.83. The van der Waals surface area contributed by atoms with Crippen molar-refractivity contribution in [2.75, 3.05) is 25.1 Å². The van der Waals surface area contributed by atoms with Gasteiger partial charge in [-0.1, -0.05) is 19.9 Å². The van der Waals surface area contributed by atoms with Crippen molar-refractivity contribution < 1.29 is 4.74 Å². The highest BCUT2D eigenvalue weighted by molar-refractivity contribution is 9.10. The van der Waals surface area contributed by atoms with Gasteiger partial charge in [-0.3, -0.25) is 0 Å². The minimum absolute atomic E-state index is 0.551. The monoisotopic (exact) mass is 296 g/mol. The van der Waals surface area contributed by atoms with E-state index in [4.69, 9.17) is 10.00 Å². The van der Waals surface area contributed by atoms with Crippen LogP contribution >= 0.6 is 15.9 Å². The van der Waals surface area contributed by atoms with Gasteiger partial charge in [0.2, 0.25) is 0 Å². The number of hydrogen-bond donors (Lipinski definition) is 1. The van der Waals surface area contributed by atoms with Crippen LogP contribution in [0.1, 0.15) is 19.4 Å². The molecule has 0 spiro atoms. The molecule has 0 radical (unpaired) electrons. The second kappa shape index (κ2) is 7.31. The molecule has 92 valence electrons. The molecule has 4 heteroatoms. The molecule has 3 nitrogen and oxygen atoms in total. The van der Waals surface area contributed by atoms with Gasteiger partial charge in [-0.2, -0.15) is 5.26 Å². The van der Waals surface area contributed by atoms with Crippen LogP contribution in [0.15, 0.2) is 22.7 Å². The maximum absolute atomic E-state index is 9.02. The number of halogens is 1. The van der Waals surface area contributed by atoms with E-state index in [-0.39, 0.29) is 0 Å². The molecule has 0 unspecified atom stereocenters. The standard InChI is InChI=1S/C13H17BrN2O/c1-10(2)9-17-7-6-16-13-5-3-4-12(14)11(13)8-15/h3-5,10,16H,6-7,9H2,1-2H3. The minimum Gasteiger partial charge on any atom is -0.382 e. The summed E-state index contributed by atoms with van der Waals surface area (Å²) < 4.78 is 6.28. The number of nitrogens with one attached hydrogen (secondary N) is 1. The quantitative estimate of drug-likeness (QED) is 0.818. The number of benzene rings is 1. The van der Waals surface area contributed by atoms with Crippen LogP contribution in [0.2, 0.25) is 0 Å². The first kappa shape index (κ1) is 14.0. The molecule has 17 heavy (non-hydrogen) atoms. The molecule has 0 aliphatic rings. The molecule has 0 bridgehead atoms. The summed E-state index contributed by atoms with van der Waals surface area (Å²) >= 11 is 3.36. The average Bonchev–Trinajstić information content (AvgIpc) is 2.28. The molecular weight excluding hydrogens is 280 g/mol. The molecule has 1 N–H and O–H groups in total. The van der Waals surface area contributed by atoms with Gasteiger partial charge in [0.1, 0.15) is 6.07 Å². The summed E-state index contributed by atoms with van der Waals surface area (Å²) in [6.45, 7) is 6.36. The minimum atomic E-state index is 0.551. The topological polar surface area (TPSA) is 45.0 Å². The van der Waals surface area contributed by atoms with E-state index in [9.17, 15) is 0 Å². The maximum atomic E-state index is 9.02. The van der Waals surface area contributed by atoms with Crippen LogP contribution in [0.4, 0.5) is 5.69 Å². The summed E-state index contributed by atoms with van der Waals surface area (Å²) in [7, 11) is 0. The van der Waals surface area contributed by atoms with Crippen LogP contribution in [0.25, 0.3) is 0 Å². The Balaban J connectivity index is 2.42. The van der Waals surface area contributed by atoms with Gasteiger partial charge < -0.3 is 10.1 Å². The van der Waals surface area contributed by atoms with E-state index in [2.05, 4.69) is 41.2 Å². The van der Waals surface area contributed by atoms with E-state index >= 15 is 0 Å². The molecule has 0 fully saturated rings. The fraction of sp³-hybridized carbons (Fsp3) is 0.462. The predicted molar refractivity (Wildman–Crippen MR) is 73.0 cm³/mol. The zero-order valence-corrected chi connectivity index (χ0v) is 11.8. The summed E-state index contributed by atoms with van der Waals surface area (Å²) in [5.74, 6) is 0.551. The Morgan fingerprint density at radius 2 is 2.24 bits per heavy atom. The lowest BCUT2D eigenvalue weighted by molar-refractivity contribution is 0.118. The Labute approximate surface area is 111 Å². The molecule has 1 rings (SSSR count). The zero-order valence-electron chi connectivity index (χ0n) is 10.2. The van der Waals surface area contributed by atoms with Gasteiger partial charge in [-0.05, 0) is 34.0 Å². The third kappa shape index (κ3) is 4.76. The normalized spacial score (nSPS) is 10.3. The summed E-state index contributed by atoms with van der Waals surface area (Å²) in [4.78, 5) is 0. The highest BCUT2D eigenvalue weighted by Crippen LogP contribution is 2.23. The fourth-order valence-corrected chi connectivity index (χ4v) is 1.82. The molecular formula is C13H17BrN2O. The Morgan fingerprint density at radius 1 is 1.47 bits per heavy atom. The summed E-state index contributed by atoms with van der Waals surface area (Å²) in [5.41, 5.74) is 1.48. The van der Waals surface area contributed by atoms with Crippen LogP contribution in [0.3, 0.4) is 0 Å². The first-order valence-corrected chi connectivity index (χ1v) is 6.44. The second-order valence-corrected chi connectivity index (χ2v) is 5.02. The number of rotatable bonds is 6. The maximum Gasteiger partial charge on any atom is 0.103 e. The molecule has 0 aromatic heterocycles. The van der Waals surface area contributed by atoms with Crippen molar-refractivity contribution in [3.63, 3.8) is 0 Å². The van der Waals surface area contributed by atoms with Crippen LogP contribution in [-0.2, 0) is 4.74 Å². The van der Waals surface area contributed by atoms with E-state index < -0.39 is 0 Å². The van der Waals surface area contributed by atoms with Crippen molar-refractivity contribution in [3.8, 4) is 6.07 Å². The number of nitriles is 1. The Hall–Kier alpha value is -1.05. The lowest BCUT2D eigenvalue weighted by Gasteiger charge is -2.10. The van der Waals surface area contributed by atoms with Crippen molar-refractivity contribution in [3.05, 3.63) is 28.2 Å². The number of anilines is 1. The third-order valence-corrected chi connectivity index (χ3v) is 2.80. The van der Waals surface area contributed by atoms with Crippen molar-refractivity contribution in [1.29, 1.82) is 5.26 Å². The van der Waals surface area contributed by atoms with E-state index in [1.54, 1.807) is 0 Å². The molecule has 1 aromatic carbocycles. The highest BCUT2D eigenvalue weighted by atomic mass is 79.9. The summed E-state index contributed by atoms with van der Waals surface area (Å²) in [5, 5.41) is 12.2. The molecule has 0 atom stereocenters. The van der Waals surface area contributed by atoms with Gasteiger partial charge in [0, 0.05) is 17.6 Å². The van der Waals surface area contributed by atoms with E-state index in [0.717, 1.165) is 16.8 Å². The SMILES string of the molecule is CC(C)COCCNc1cccc(Br)c1C#N. The first-order valence-electron chi connectivity index (χ1n) is 5.65. The fourth-order valence-electron chi connectivity index (χ4n) is 1.36. The van der Waals surface area contributed by atoms with Gasteiger partial charge in [-0.25, -0.2) is 0 Å². The molecule has 0 aliphatic carbocycles. The van der Waals surface area contributed by atoms with Crippen molar-refractivity contribution in [1.82, 2.24) is 0 Å². The first-order chi connectivity index (χ1) is 8.15. The smallest absolute Gasteiger partial charge is 0.103 e. The highest BCUT2D eigenvalue weighted by Gasteiger charge is 2.04. The molecule has 0 aliphatic heterocycles. The van der Waals surface area contributed by atoms with E-state index in [0.29, 0.717) is 24.6 Å². The molecule has 0 saturated carbocycles. The lowest BCUT2D eigenvalue weighted by atomic mass is 10.2. The van der Waals surface area contributed by atoms with Crippen LogP contribution in [-0.4, -0.2) is 19.8 Å². The average molecular weight is 297 g/mol. The van der Waals surface area contributed by atoms with Crippen LogP contribution in [0.5, 0.6) is 0 Å². The van der Waals surface area contributed by atoms with Gasteiger partial charge in [0.25, 0.3) is 0 Å². The van der Waals surface area contributed by atoms with Crippen LogP contribution in [0, 0.1) is 17.2 Å².